The summed E-state index contributed by atoms with van der Waals surface area (Å²) in [5, 5.41) is 3.26. The van der Waals surface area contributed by atoms with E-state index in [0.717, 1.165) is 15.7 Å². The van der Waals surface area contributed by atoms with E-state index in [1.54, 1.807) is 0 Å². The van der Waals surface area contributed by atoms with Gasteiger partial charge in [0.25, 0.3) is 0 Å². The fourth-order valence-corrected chi connectivity index (χ4v) is 2.42. The smallest absolute Gasteiger partial charge is 0.243 e. The predicted molar refractivity (Wildman–Crippen MR) is 90.2 cm³/mol. The van der Waals surface area contributed by atoms with Crippen molar-refractivity contribution in [3.05, 3.63) is 64.1 Å². The minimum absolute atomic E-state index is 0.369. The van der Waals surface area contributed by atoms with E-state index in [1.165, 1.54) is 5.56 Å². The lowest BCUT2D eigenvalue weighted by molar-refractivity contribution is -0.121. The van der Waals surface area contributed by atoms with E-state index in [4.69, 9.17) is 5.73 Å². The molecule has 2 aromatic rings. The number of anilines is 1. The second-order valence-electron chi connectivity index (χ2n) is 5.49. The van der Waals surface area contributed by atoms with Crippen LogP contribution in [0.25, 0.3) is 0 Å². The standard InChI is InChI=1S/C17H19BrN2O/c1-12-3-9-15(10-4-12)20-17(2,16(19)21)11-13-5-7-14(18)8-6-13/h3-10,20H,11H2,1-2H3,(H2,19,21). The van der Waals surface area contributed by atoms with Gasteiger partial charge in [0.1, 0.15) is 5.54 Å². The van der Waals surface area contributed by atoms with Crippen LogP contribution in [0.2, 0.25) is 0 Å². The van der Waals surface area contributed by atoms with E-state index in [-0.39, 0.29) is 5.91 Å². The van der Waals surface area contributed by atoms with Gasteiger partial charge in [0.05, 0.1) is 0 Å². The number of primary amides is 1. The normalized spacial score (nSPS) is 13.5. The van der Waals surface area contributed by atoms with Crippen molar-refractivity contribution in [1.82, 2.24) is 0 Å². The molecule has 0 aliphatic heterocycles. The van der Waals surface area contributed by atoms with E-state index >= 15 is 0 Å². The highest BCUT2D eigenvalue weighted by molar-refractivity contribution is 9.10. The second kappa shape index (κ2) is 6.31. The summed E-state index contributed by atoms with van der Waals surface area (Å²) in [5.74, 6) is -0.369. The average molecular weight is 347 g/mol. The summed E-state index contributed by atoms with van der Waals surface area (Å²) in [7, 11) is 0. The maximum absolute atomic E-state index is 11.9. The number of benzene rings is 2. The van der Waals surface area contributed by atoms with Crippen LogP contribution < -0.4 is 11.1 Å². The molecular formula is C17H19BrN2O. The molecule has 1 amide bonds. The third-order valence-corrected chi connectivity index (χ3v) is 4.02. The first kappa shape index (κ1) is 15.6. The SMILES string of the molecule is Cc1ccc(NC(C)(Cc2ccc(Br)cc2)C(N)=O)cc1. The van der Waals surface area contributed by atoms with Crippen LogP contribution >= 0.6 is 15.9 Å². The Morgan fingerprint density at radius 2 is 1.71 bits per heavy atom. The molecule has 2 rings (SSSR count). The van der Waals surface area contributed by atoms with Crippen molar-refractivity contribution in [3.8, 4) is 0 Å². The number of carbonyl (C=O) groups excluding carboxylic acids is 1. The number of halogens is 1. The van der Waals surface area contributed by atoms with Crippen molar-refractivity contribution in [2.24, 2.45) is 5.73 Å². The van der Waals surface area contributed by atoms with Gasteiger partial charge in [-0.1, -0.05) is 45.8 Å². The molecule has 0 heterocycles. The van der Waals surface area contributed by atoms with Gasteiger partial charge < -0.3 is 11.1 Å². The van der Waals surface area contributed by atoms with Gasteiger partial charge in [0.15, 0.2) is 0 Å². The molecule has 3 nitrogen and oxygen atoms in total. The molecule has 1 unspecified atom stereocenters. The molecule has 0 saturated heterocycles. The number of hydrogen-bond donors (Lipinski definition) is 2. The van der Waals surface area contributed by atoms with Gasteiger partial charge in [-0.3, -0.25) is 4.79 Å². The highest BCUT2D eigenvalue weighted by Crippen LogP contribution is 2.21. The number of hydrogen-bond acceptors (Lipinski definition) is 2. The van der Waals surface area contributed by atoms with Gasteiger partial charge in [-0.05, 0) is 43.7 Å². The topological polar surface area (TPSA) is 55.1 Å². The van der Waals surface area contributed by atoms with E-state index in [2.05, 4.69) is 21.2 Å². The highest BCUT2D eigenvalue weighted by atomic mass is 79.9. The lowest BCUT2D eigenvalue weighted by Crippen LogP contribution is -2.49. The number of nitrogens with one attached hydrogen (secondary N) is 1. The minimum Gasteiger partial charge on any atom is -0.371 e. The summed E-state index contributed by atoms with van der Waals surface area (Å²) in [4.78, 5) is 11.9. The quantitative estimate of drug-likeness (QED) is 0.867. The summed E-state index contributed by atoms with van der Waals surface area (Å²) >= 11 is 3.41. The number of carbonyl (C=O) groups is 1. The zero-order valence-electron chi connectivity index (χ0n) is 12.2. The van der Waals surface area contributed by atoms with Crippen molar-refractivity contribution in [2.75, 3.05) is 5.32 Å². The first-order chi connectivity index (χ1) is 9.89. The van der Waals surface area contributed by atoms with Crippen molar-refractivity contribution < 1.29 is 4.79 Å². The summed E-state index contributed by atoms with van der Waals surface area (Å²) < 4.78 is 1.01. The molecule has 4 heteroatoms. The van der Waals surface area contributed by atoms with Crippen molar-refractivity contribution in [2.45, 2.75) is 25.8 Å². The maximum atomic E-state index is 11.9. The summed E-state index contributed by atoms with van der Waals surface area (Å²) in [5.41, 5.74) is 7.90. The third-order valence-electron chi connectivity index (χ3n) is 3.49. The third kappa shape index (κ3) is 4.08. The molecule has 3 N–H and O–H groups in total. The predicted octanol–water partition coefficient (Wildman–Crippen LogP) is 3.66. The molecule has 1 atom stereocenters. The van der Waals surface area contributed by atoms with E-state index in [9.17, 15) is 4.79 Å². The largest absolute Gasteiger partial charge is 0.371 e. The Bertz CT molecular complexity index is 573. The first-order valence-electron chi connectivity index (χ1n) is 6.78. The van der Waals surface area contributed by atoms with E-state index < -0.39 is 5.54 Å². The lowest BCUT2D eigenvalue weighted by atomic mass is 9.91. The van der Waals surface area contributed by atoms with E-state index in [1.807, 2.05) is 62.4 Å². The van der Waals surface area contributed by atoms with Gasteiger partial charge in [0, 0.05) is 16.6 Å². The second-order valence-corrected chi connectivity index (χ2v) is 6.41. The molecule has 2 aromatic carbocycles. The Morgan fingerprint density at radius 1 is 1.14 bits per heavy atom. The van der Waals surface area contributed by atoms with Gasteiger partial charge in [0.2, 0.25) is 5.91 Å². The van der Waals surface area contributed by atoms with Gasteiger partial charge in [-0.25, -0.2) is 0 Å². The van der Waals surface area contributed by atoms with Crippen LogP contribution in [0.1, 0.15) is 18.1 Å². The van der Waals surface area contributed by atoms with Crippen molar-refractivity contribution >= 4 is 27.5 Å². The number of nitrogens with two attached hydrogens (primary N) is 1. The molecule has 0 fully saturated rings. The fraction of sp³-hybridized carbons (Fsp3) is 0.235. The van der Waals surface area contributed by atoms with Crippen LogP contribution in [0.15, 0.2) is 53.0 Å². The Kier molecular flexibility index (Phi) is 4.68. The van der Waals surface area contributed by atoms with Gasteiger partial charge >= 0.3 is 0 Å². The first-order valence-corrected chi connectivity index (χ1v) is 7.57. The van der Waals surface area contributed by atoms with Crippen LogP contribution in [0, 0.1) is 6.92 Å². The summed E-state index contributed by atoms with van der Waals surface area (Å²) in [6.07, 6.45) is 0.531. The molecule has 0 bridgehead atoms. The van der Waals surface area contributed by atoms with Crippen LogP contribution in [-0.4, -0.2) is 11.4 Å². The molecule has 0 aromatic heterocycles. The van der Waals surface area contributed by atoms with Gasteiger partial charge in [-0.2, -0.15) is 0 Å². The molecular weight excluding hydrogens is 328 g/mol. The average Bonchev–Trinajstić information content (AvgIpc) is 2.44. The Morgan fingerprint density at radius 3 is 2.24 bits per heavy atom. The van der Waals surface area contributed by atoms with Crippen LogP contribution in [-0.2, 0) is 11.2 Å². The lowest BCUT2D eigenvalue weighted by Gasteiger charge is -2.29. The molecule has 0 saturated carbocycles. The Labute approximate surface area is 133 Å². The van der Waals surface area contributed by atoms with Crippen molar-refractivity contribution in [3.63, 3.8) is 0 Å². The van der Waals surface area contributed by atoms with Crippen LogP contribution in [0.4, 0.5) is 5.69 Å². The molecule has 110 valence electrons. The minimum atomic E-state index is -0.830. The zero-order chi connectivity index (χ0) is 15.5. The van der Waals surface area contributed by atoms with Crippen molar-refractivity contribution in [1.29, 1.82) is 0 Å². The number of amides is 1. The molecule has 0 aliphatic rings. The van der Waals surface area contributed by atoms with Gasteiger partial charge in [-0.15, -0.1) is 0 Å². The van der Waals surface area contributed by atoms with Crippen LogP contribution in [0.5, 0.6) is 0 Å². The van der Waals surface area contributed by atoms with E-state index in [0.29, 0.717) is 6.42 Å². The molecule has 21 heavy (non-hydrogen) atoms. The monoisotopic (exact) mass is 346 g/mol. The summed E-state index contributed by atoms with van der Waals surface area (Å²) in [6.45, 7) is 3.86. The molecule has 0 radical (unpaired) electrons. The number of aryl methyl sites for hydroxylation is 1. The number of rotatable bonds is 5. The zero-order valence-corrected chi connectivity index (χ0v) is 13.8. The Balaban J connectivity index is 2.21. The maximum Gasteiger partial charge on any atom is 0.243 e. The fourth-order valence-electron chi connectivity index (χ4n) is 2.16. The molecule has 0 spiro atoms. The summed E-state index contributed by atoms with van der Waals surface area (Å²) in [6, 6.07) is 15.8. The Hall–Kier alpha value is -1.81. The molecule has 0 aliphatic carbocycles. The van der Waals surface area contributed by atoms with Crippen LogP contribution in [0.3, 0.4) is 0 Å². The highest BCUT2D eigenvalue weighted by Gasteiger charge is 2.31.